The normalized spacial score (nSPS) is 36.2. The molecule has 0 aromatic carbocycles. The Bertz CT molecular complexity index is 1230. The fourth-order valence-corrected chi connectivity index (χ4v) is 7.24. The molecule has 1 amide bonds. The van der Waals surface area contributed by atoms with Gasteiger partial charge in [0.2, 0.25) is 5.91 Å². The van der Waals surface area contributed by atoms with Crippen LogP contribution in [0.15, 0.2) is 24.3 Å². The van der Waals surface area contributed by atoms with Crippen LogP contribution in [0.3, 0.4) is 0 Å². The summed E-state index contributed by atoms with van der Waals surface area (Å²) in [5, 5.41) is 118. The van der Waals surface area contributed by atoms with Crippen molar-refractivity contribution in [3.05, 3.63) is 24.3 Å². The van der Waals surface area contributed by atoms with Crippen molar-refractivity contribution in [2.75, 3.05) is 26.4 Å². The van der Waals surface area contributed by atoms with E-state index in [0.717, 1.165) is 25.7 Å². The Morgan fingerprint density at radius 1 is 0.583 bits per heavy atom. The molecular weight excluding hydrogens is 794 g/mol. The van der Waals surface area contributed by atoms with E-state index in [-0.39, 0.29) is 18.9 Å². The predicted octanol–water partition coefficient (Wildman–Crippen LogP) is -1.48. The van der Waals surface area contributed by atoms with E-state index in [0.29, 0.717) is 12.8 Å². The molecule has 17 atom stereocenters. The van der Waals surface area contributed by atoms with Crippen molar-refractivity contribution in [1.82, 2.24) is 5.32 Å². The lowest BCUT2D eigenvalue weighted by molar-refractivity contribution is -0.379. The maximum Gasteiger partial charge on any atom is 0.220 e. The molecule has 0 aromatic heterocycles. The molecule has 3 fully saturated rings. The summed E-state index contributed by atoms with van der Waals surface area (Å²) in [5.41, 5.74) is 0. The minimum atomic E-state index is -1.97. The van der Waals surface area contributed by atoms with Gasteiger partial charge in [0.15, 0.2) is 18.9 Å². The van der Waals surface area contributed by atoms with Crippen LogP contribution in [0.5, 0.6) is 0 Å². The summed E-state index contributed by atoms with van der Waals surface area (Å²) in [7, 11) is 0. The first-order chi connectivity index (χ1) is 28.8. The fourth-order valence-electron chi connectivity index (χ4n) is 7.24. The number of ether oxygens (including phenoxy) is 6. The van der Waals surface area contributed by atoms with Gasteiger partial charge in [0.25, 0.3) is 0 Å². The molecule has 3 aliphatic heterocycles. The Morgan fingerprint density at radius 3 is 1.65 bits per heavy atom. The summed E-state index contributed by atoms with van der Waals surface area (Å²) in [6, 6.07) is -0.978. The van der Waals surface area contributed by atoms with E-state index in [9.17, 15) is 61.0 Å². The molecule has 350 valence electrons. The second-order valence-corrected chi connectivity index (χ2v) is 15.8. The van der Waals surface area contributed by atoms with Gasteiger partial charge in [-0.05, 0) is 32.1 Å². The van der Waals surface area contributed by atoms with Crippen molar-refractivity contribution in [1.29, 1.82) is 0 Å². The summed E-state index contributed by atoms with van der Waals surface area (Å²) in [4.78, 5) is 12.7. The maximum atomic E-state index is 12.7. The van der Waals surface area contributed by atoms with Gasteiger partial charge in [-0.15, -0.1) is 0 Å². The van der Waals surface area contributed by atoms with E-state index >= 15 is 0 Å². The third-order valence-electron chi connectivity index (χ3n) is 11.0. The van der Waals surface area contributed by atoms with Crippen LogP contribution in [0, 0.1) is 0 Å². The first-order valence-corrected chi connectivity index (χ1v) is 21.6. The number of aliphatic hydroxyl groups is 11. The molecule has 60 heavy (non-hydrogen) atoms. The molecule has 3 heterocycles. The van der Waals surface area contributed by atoms with Crippen LogP contribution < -0.4 is 5.32 Å². The number of carbonyl (C=O) groups is 1. The van der Waals surface area contributed by atoms with Crippen molar-refractivity contribution >= 4 is 5.91 Å². The summed E-state index contributed by atoms with van der Waals surface area (Å²) < 4.78 is 33.7. The van der Waals surface area contributed by atoms with Gasteiger partial charge in [0.05, 0.1) is 38.6 Å². The van der Waals surface area contributed by atoms with Gasteiger partial charge < -0.3 is 89.9 Å². The van der Waals surface area contributed by atoms with Crippen LogP contribution >= 0.6 is 0 Å². The first-order valence-electron chi connectivity index (χ1n) is 21.6. The molecule has 0 radical (unpaired) electrons. The molecule has 0 aliphatic carbocycles. The number of rotatable bonds is 27. The van der Waals surface area contributed by atoms with E-state index in [1.165, 1.54) is 38.5 Å². The lowest BCUT2D eigenvalue weighted by Gasteiger charge is -2.48. The van der Waals surface area contributed by atoms with E-state index in [2.05, 4.69) is 24.4 Å². The summed E-state index contributed by atoms with van der Waals surface area (Å²) in [5.74, 6) is -0.326. The summed E-state index contributed by atoms with van der Waals surface area (Å²) in [6.45, 7) is 1.35. The van der Waals surface area contributed by atoms with Gasteiger partial charge in [-0.2, -0.15) is 0 Å². The minimum absolute atomic E-state index is 0.210. The van der Waals surface area contributed by atoms with Crippen LogP contribution in [-0.4, -0.2) is 193 Å². The van der Waals surface area contributed by atoms with Gasteiger partial charge in [-0.1, -0.05) is 83.1 Å². The molecule has 0 saturated carbocycles. The highest BCUT2D eigenvalue weighted by Crippen LogP contribution is 2.32. The Hall–Kier alpha value is -1.73. The first kappa shape index (κ1) is 52.6. The zero-order valence-electron chi connectivity index (χ0n) is 34.9. The van der Waals surface area contributed by atoms with Gasteiger partial charge in [0.1, 0.15) is 73.2 Å². The third kappa shape index (κ3) is 15.8. The molecule has 17 unspecified atom stereocenters. The highest BCUT2D eigenvalue weighted by atomic mass is 16.8. The molecule has 3 rings (SSSR count). The van der Waals surface area contributed by atoms with Gasteiger partial charge in [0, 0.05) is 6.42 Å². The van der Waals surface area contributed by atoms with Crippen LogP contribution in [0.25, 0.3) is 0 Å². The van der Waals surface area contributed by atoms with Crippen molar-refractivity contribution in [3.8, 4) is 0 Å². The topological polar surface area (TPSA) is 307 Å². The number of unbranched alkanes of at least 4 members (excludes halogenated alkanes) is 9. The monoisotopic (exact) mass is 867 g/mol. The number of amides is 1. The molecule has 3 aliphatic rings. The van der Waals surface area contributed by atoms with E-state index < -0.39 is 124 Å². The van der Waals surface area contributed by atoms with Gasteiger partial charge in [-0.25, -0.2) is 0 Å². The Labute approximate surface area is 352 Å². The zero-order chi connectivity index (χ0) is 44.2. The predicted molar refractivity (Wildman–Crippen MR) is 213 cm³/mol. The fraction of sp³-hybridized carbons (Fsp3) is 0.878. The molecule has 0 spiro atoms. The lowest BCUT2D eigenvalue weighted by Crippen LogP contribution is -2.66. The number of hydrogen-bond donors (Lipinski definition) is 12. The Balaban J connectivity index is 1.58. The van der Waals surface area contributed by atoms with E-state index in [4.69, 9.17) is 28.4 Å². The lowest BCUT2D eigenvalue weighted by atomic mass is 9.96. The molecule has 12 N–H and O–H groups in total. The van der Waals surface area contributed by atoms with Gasteiger partial charge >= 0.3 is 0 Å². The number of hydrogen-bond acceptors (Lipinski definition) is 18. The zero-order valence-corrected chi connectivity index (χ0v) is 34.9. The number of aliphatic hydroxyl groups excluding tert-OH is 11. The minimum Gasteiger partial charge on any atom is -0.394 e. The summed E-state index contributed by atoms with van der Waals surface area (Å²) in [6.07, 6.45) is -6.39. The number of allylic oxidation sites excluding steroid dienone is 3. The second-order valence-electron chi connectivity index (χ2n) is 15.8. The molecule has 0 bridgehead atoms. The highest BCUT2D eigenvalue weighted by molar-refractivity contribution is 5.76. The van der Waals surface area contributed by atoms with Crippen molar-refractivity contribution < 1.29 is 89.4 Å². The van der Waals surface area contributed by atoms with Crippen LogP contribution in [0.1, 0.15) is 97.3 Å². The van der Waals surface area contributed by atoms with E-state index in [1.807, 2.05) is 6.92 Å². The average Bonchev–Trinajstić information content (AvgIpc) is 3.24. The quantitative estimate of drug-likeness (QED) is 0.0331. The molecule has 0 aromatic rings. The number of carbonyl (C=O) groups excluding carboxylic acids is 1. The maximum absolute atomic E-state index is 12.7. The standard InChI is InChI=1S/C41H73NO18/c1-3-5-7-8-9-10-11-12-13-14-15-16-17-18-25(46)24(42-29(47)19-6-4-2)23-55-39-35(53)32(50)37(27(21-44)57-39)60-41-36(54)33(51)38(28(22-45)58-41)59-40-34(52)31(49)30(48)26(20-43)56-40/h13-14,17-18,24-28,30-41,43-46,48-54H,3-12,15-16,19-23H2,1-2H3,(H,42,47)/b14-13+,18-17+. The van der Waals surface area contributed by atoms with Crippen molar-refractivity contribution in [2.45, 2.75) is 202 Å². The molecule has 19 heteroatoms. The third-order valence-corrected chi connectivity index (χ3v) is 11.0. The number of nitrogens with one attached hydrogen (secondary N) is 1. The highest BCUT2D eigenvalue weighted by Gasteiger charge is 2.53. The van der Waals surface area contributed by atoms with Crippen LogP contribution in [0.4, 0.5) is 0 Å². The van der Waals surface area contributed by atoms with Crippen molar-refractivity contribution in [2.24, 2.45) is 0 Å². The Morgan fingerprint density at radius 2 is 1.07 bits per heavy atom. The average molecular weight is 868 g/mol. The van der Waals surface area contributed by atoms with Crippen LogP contribution in [-0.2, 0) is 33.2 Å². The van der Waals surface area contributed by atoms with E-state index in [1.54, 1.807) is 12.2 Å². The molecule has 19 nitrogen and oxygen atoms in total. The summed E-state index contributed by atoms with van der Waals surface area (Å²) >= 11 is 0. The largest absolute Gasteiger partial charge is 0.394 e. The smallest absolute Gasteiger partial charge is 0.220 e. The van der Waals surface area contributed by atoms with Gasteiger partial charge in [-0.3, -0.25) is 4.79 Å². The SMILES string of the molecule is CCCCCCCCC/C=C/CC/C=C/C(O)C(COC1OC(CO)C(OC2OC(CO)C(OC3OC(CO)C(O)C(O)C3O)C(O)C2O)C(O)C1O)NC(=O)CCCC. The van der Waals surface area contributed by atoms with Crippen LogP contribution in [0.2, 0.25) is 0 Å². The second kappa shape index (κ2) is 28.1. The van der Waals surface area contributed by atoms with Crippen molar-refractivity contribution in [3.63, 3.8) is 0 Å². The Kier molecular flexibility index (Phi) is 24.7. The molecular formula is C41H73NO18. The molecule has 3 saturated heterocycles.